The van der Waals surface area contributed by atoms with Gasteiger partial charge in [-0.2, -0.15) is 4.79 Å². The van der Waals surface area contributed by atoms with Crippen molar-refractivity contribution in [3.63, 3.8) is 0 Å². The lowest BCUT2D eigenvalue weighted by atomic mass is 9.82. The zero-order valence-corrected chi connectivity index (χ0v) is 18.8. The van der Waals surface area contributed by atoms with Crippen LogP contribution in [0.15, 0.2) is 60.7 Å². The van der Waals surface area contributed by atoms with Crippen molar-refractivity contribution in [2.75, 3.05) is 19.6 Å². The van der Waals surface area contributed by atoms with Gasteiger partial charge in [-0.15, -0.1) is 0 Å². The van der Waals surface area contributed by atoms with Crippen LogP contribution in [0.4, 0.5) is 4.79 Å². The van der Waals surface area contributed by atoms with E-state index in [1.54, 1.807) is 0 Å². The molecule has 1 aliphatic heterocycles. The van der Waals surface area contributed by atoms with Gasteiger partial charge in [0, 0.05) is 0 Å². The van der Waals surface area contributed by atoms with Gasteiger partial charge in [-0.25, -0.2) is 9.28 Å². The molecule has 0 aromatic heterocycles. The first kappa shape index (κ1) is 23.0. The molecule has 0 saturated carbocycles. The van der Waals surface area contributed by atoms with Crippen molar-refractivity contribution >= 4 is 12.1 Å². The van der Waals surface area contributed by atoms with Gasteiger partial charge in [0.1, 0.15) is 18.6 Å². The van der Waals surface area contributed by atoms with E-state index >= 15 is 0 Å². The SMILES string of the molecule is CCC1(C(=O)O)C[N+](C(=O)O)(C(C)(C)C)CCN1C(c1ccccc1)c1ccccc1. The van der Waals surface area contributed by atoms with Gasteiger partial charge in [0.15, 0.2) is 5.54 Å². The van der Waals surface area contributed by atoms with Gasteiger partial charge in [0.05, 0.1) is 12.6 Å². The number of carboxylic acid groups (broad SMARTS) is 2. The summed E-state index contributed by atoms with van der Waals surface area (Å²) >= 11 is 0. The maximum absolute atomic E-state index is 12.9. The number of carboxylic acids is 1. The normalized spacial score (nSPS) is 24.8. The molecular weight excluding hydrogens is 392 g/mol. The molecule has 1 saturated heterocycles. The van der Waals surface area contributed by atoms with E-state index in [9.17, 15) is 19.8 Å². The summed E-state index contributed by atoms with van der Waals surface area (Å²) < 4.78 is -0.278. The third-order valence-electron chi connectivity index (χ3n) is 6.98. The summed E-state index contributed by atoms with van der Waals surface area (Å²) in [5, 5.41) is 20.8. The maximum atomic E-state index is 12.9. The molecule has 2 aromatic carbocycles. The zero-order valence-electron chi connectivity index (χ0n) is 18.8. The third-order valence-corrected chi connectivity index (χ3v) is 6.98. The molecule has 2 atom stereocenters. The number of amides is 1. The molecule has 1 amide bonds. The van der Waals surface area contributed by atoms with E-state index < -0.39 is 23.1 Å². The fraction of sp³-hybridized carbons (Fsp3) is 0.440. The quantitative estimate of drug-likeness (QED) is 0.684. The van der Waals surface area contributed by atoms with E-state index in [0.717, 1.165) is 11.1 Å². The summed E-state index contributed by atoms with van der Waals surface area (Å²) in [6, 6.07) is 19.5. The third kappa shape index (κ3) is 3.86. The Bertz CT molecular complexity index is 886. The van der Waals surface area contributed by atoms with Gasteiger partial charge in [0.2, 0.25) is 0 Å². The average Bonchev–Trinajstić information content (AvgIpc) is 2.74. The van der Waals surface area contributed by atoms with Crippen LogP contribution in [0.3, 0.4) is 0 Å². The van der Waals surface area contributed by atoms with Crippen LogP contribution >= 0.6 is 0 Å². The molecular formula is C25H33N2O4+. The van der Waals surface area contributed by atoms with Gasteiger partial charge < -0.3 is 10.2 Å². The second kappa shape index (κ2) is 8.44. The lowest BCUT2D eigenvalue weighted by Crippen LogP contribution is -2.78. The average molecular weight is 426 g/mol. The predicted octanol–water partition coefficient (Wildman–Crippen LogP) is 4.62. The van der Waals surface area contributed by atoms with Crippen LogP contribution < -0.4 is 0 Å². The summed E-state index contributed by atoms with van der Waals surface area (Å²) in [6.45, 7) is 8.19. The van der Waals surface area contributed by atoms with Gasteiger partial charge >= 0.3 is 12.1 Å². The summed E-state index contributed by atoms with van der Waals surface area (Å²) in [5.41, 5.74) is 0.0426. The first-order chi connectivity index (χ1) is 14.6. The van der Waals surface area contributed by atoms with Crippen molar-refractivity contribution in [3.05, 3.63) is 71.8 Å². The Kier molecular flexibility index (Phi) is 6.25. The molecule has 1 heterocycles. The second-order valence-electron chi connectivity index (χ2n) is 9.41. The molecule has 0 radical (unpaired) electrons. The Morgan fingerprint density at radius 2 is 1.48 bits per heavy atom. The molecule has 3 rings (SSSR count). The molecule has 31 heavy (non-hydrogen) atoms. The minimum absolute atomic E-state index is 0.00777. The topological polar surface area (TPSA) is 77.8 Å². The standard InChI is InChI=1S/C25H32N2O4/c1-5-25(22(28)29)18-27(23(30)31,24(2,3)4)17-16-26(25)21(19-12-8-6-9-13-19)20-14-10-7-11-15-20/h6-15,21H,5,16-18H2,1-4H3,(H-,28,29,30,31)/p+1. The van der Waals surface area contributed by atoms with Crippen molar-refractivity contribution in [3.8, 4) is 0 Å². The van der Waals surface area contributed by atoms with Crippen LogP contribution in [-0.2, 0) is 4.79 Å². The van der Waals surface area contributed by atoms with Crippen LogP contribution in [0.2, 0.25) is 0 Å². The van der Waals surface area contributed by atoms with Crippen molar-refractivity contribution in [1.82, 2.24) is 4.90 Å². The Morgan fingerprint density at radius 3 is 1.84 bits per heavy atom. The predicted molar refractivity (Wildman–Crippen MR) is 120 cm³/mol. The number of piperazine rings is 1. The van der Waals surface area contributed by atoms with Crippen molar-refractivity contribution in [2.45, 2.75) is 51.2 Å². The lowest BCUT2D eigenvalue weighted by Gasteiger charge is -2.56. The Morgan fingerprint density at radius 1 is 1.00 bits per heavy atom. The highest BCUT2D eigenvalue weighted by Gasteiger charge is 2.62. The Balaban J connectivity index is 2.20. The lowest BCUT2D eigenvalue weighted by molar-refractivity contribution is -0.913. The molecule has 0 spiro atoms. The molecule has 1 fully saturated rings. The number of nitrogens with zero attached hydrogens (tertiary/aromatic N) is 2. The highest BCUT2D eigenvalue weighted by molar-refractivity contribution is 5.80. The van der Waals surface area contributed by atoms with Gasteiger partial charge in [-0.3, -0.25) is 4.90 Å². The molecule has 2 N–H and O–H groups in total. The minimum atomic E-state index is -1.32. The summed E-state index contributed by atoms with van der Waals surface area (Å²) in [4.78, 5) is 27.4. The van der Waals surface area contributed by atoms with Crippen LogP contribution in [0.1, 0.15) is 51.3 Å². The van der Waals surface area contributed by atoms with Crippen molar-refractivity contribution < 1.29 is 24.3 Å². The monoisotopic (exact) mass is 425 g/mol. The van der Waals surface area contributed by atoms with Gasteiger partial charge in [-0.1, -0.05) is 67.6 Å². The summed E-state index contributed by atoms with van der Waals surface area (Å²) in [5.74, 6) is -0.973. The fourth-order valence-electron chi connectivity index (χ4n) is 4.99. The molecule has 0 bridgehead atoms. The Hall–Kier alpha value is -2.70. The minimum Gasteiger partial charge on any atom is -0.480 e. The second-order valence-corrected chi connectivity index (χ2v) is 9.41. The van der Waals surface area contributed by atoms with Crippen LogP contribution in [-0.4, -0.2) is 62.4 Å². The van der Waals surface area contributed by atoms with Crippen molar-refractivity contribution in [2.24, 2.45) is 0 Å². The number of hydrogen-bond acceptors (Lipinski definition) is 3. The van der Waals surface area contributed by atoms with E-state index in [2.05, 4.69) is 0 Å². The highest BCUT2D eigenvalue weighted by atomic mass is 16.4. The first-order valence-electron chi connectivity index (χ1n) is 10.8. The van der Waals surface area contributed by atoms with Crippen molar-refractivity contribution in [1.29, 1.82) is 0 Å². The zero-order chi connectivity index (χ0) is 22.9. The molecule has 6 nitrogen and oxygen atoms in total. The number of rotatable bonds is 5. The number of benzene rings is 2. The summed E-state index contributed by atoms with van der Waals surface area (Å²) in [6.07, 6.45) is -0.663. The molecule has 166 valence electrons. The van der Waals surface area contributed by atoms with E-state index in [-0.39, 0.29) is 17.1 Å². The highest BCUT2D eigenvalue weighted by Crippen LogP contribution is 2.43. The molecule has 2 unspecified atom stereocenters. The van der Waals surface area contributed by atoms with Crippen LogP contribution in [0.5, 0.6) is 0 Å². The van der Waals surface area contributed by atoms with E-state index in [4.69, 9.17) is 0 Å². The van der Waals surface area contributed by atoms with E-state index in [1.807, 2.05) is 93.3 Å². The number of quaternary nitrogens is 1. The van der Waals surface area contributed by atoms with Gasteiger partial charge in [-0.05, 0) is 38.3 Å². The maximum Gasteiger partial charge on any atom is 0.514 e. The number of aliphatic carboxylic acids is 1. The van der Waals surface area contributed by atoms with Crippen LogP contribution in [0.25, 0.3) is 0 Å². The van der Waals surface area contributed by atoms with E-state index in [0.29, 0.717) is 19.5 Å². The van der Waals surface area contributed by atoms with Gasteiger partial charge in [0.25, 0.3) is 0 Å². The summed E-state index contributed by atoms with van der Waals surface area (Å²) in [7, 11) is 0. The first-order valence-corrected chi connectivity index (χ1v) is 10.8. The Labute approximate surface area is 184 Å². The largest absolute Gasteiger partial charge is 0.514 e. The molecule has 6 heteroatoms. The molecule has 0 aliphatic carbocycles. The molecule has 1 aliphatic rings. The number of carbonyl (C=O) groups is 2. The smallest absolute Gasteiger partial charge is 0.480 e. The van der Waals surface area contributed by atoms with Crippen LogP contribution in [0, 0.1) is 0 Å². The molecule has 2 aromatic rings. The van der Waals surface area contributed by atoms with E-state index in [1.165, 1.54) is 0 Å². The fourth-order valence-corrected chi connectivity index (χ4v) is 4.99. The number of hydrogen-bond donors (Lipinski definition) is 2.